The summed E-state index contributed by atoms with van der Waals surface area (Å²) in [4.78, 5) is 14.8. The first-order chi connectivity index (χ1) is 14.9. The Hall–Kier alpha value is -2.34. The fourth-order valence-corrected chi connectivity index (χ4v) is 4.32. The van der Waals surface area contributed by atoms with Gasteiger partial charge in [-0.25, -0.2) is 12.7 Å². The van der Waals surface area contributed by atoms with E-state index in [1.165, 1.54) is 38.4 Å². The van der Waals surface area contributed by atoms with Gasteiger partial charge >= 0.3 is 6.18 Å². The number of carbonyl (C=O) groups excluding carboxylic acids is 1. The first-order valence-electron chi connectivity index (χ1n) is 9.48. The topological polar surface area (TPSA) is 79.0 Å². The molecule has 0 radical (unpaired) electrons. The van der Waals surface area contributed by atoms with E-state index in [1.807, 2.05) is 4.90 Å². The molecule has 1 aliphatic rings. The summed E-state index contributed by atoms with van der Waals surface area (Å²) in [5.41, 5.74) is -0.748. The average molecular weight is 492 g/mol. The van der Waals surface area contributed by atoms with Gasteiger partial charge in [-0.2, -0.15) is 13.2 Å². The molecule has 1 fully saturated rings. The van der Waals surface area contributed by atoms with Gasteiger partial charge in [0.1, 0.15) is 0 Å². The Morgan fingerprint density at radius 1 is 1.12 bits per heavy atom. The number of rotatable bonds is 5. The third-order valence-corrected chi connectivity index (χ3v) is 7.01. The molecule has 3 rings (SSSR count). The van der Waals surface area contributed by atoms with Crippen LogP contribution >= 0.6 is 11.6 Å². The van der Waals surface area contributed by atoms with Gasteiger partial charge in [-0.3, -0.25) is 4.79 Å². The number of ether oxygens (including phenoxy) is 1. The summed E-state index contributed by atoms with van der Waals surface area (Å²) >= 11 is 5.64. The first kappa shape index (κ1) is 24.3. The lowest BCUT2D eigenvalue weighted by Gasteiger charge is -2.30. The van der Waals surface area contributed by atoms with Crippen molar-refractivity contribution in [3.05, 3.63) is 52.5 Å². The van der Waals surface area contributed by atoms with E-state index in [0.717, 1.165) is 16.4 Å². The molecule has 0 aliphatic carbocycles. The van der Waals surface area contributed by atoms with E-state index >= 15 is 0 Å². The molecule has 2 aromatic rings. The van der Waals surface area contributed by atoms with Gasteiger partial charge in [0.25, 0.3) is 5.91 Å². The van der Waals surface area contributed by atoms with Crippen molar-refractivity contribution in [1.82, 2.24) is 4.31 Å². The van der Waals surface area contributed by atoms with Gasteiger partial charge in [0.2, 0.25) is 10.0 Å². The highest BCUT2D eigenvalue weighted by atomic mass is 35.5. The van der Waals surface area contributed by atoms with E-state index in [0.29, 0.717) is 32.0 Å². The van der Waals surface area contributed by atoms with Gasteiger partial charge in [-0.05, 0) is 36.4 Å². The van der Waals surface area contributed by atoms with Crippen LogP contribution < -0.4 is 10.2 Å². The highest BCUT2D eigenvalue weighted by Gasteiger charge is 2.33. The van der Waals surface area contributed by atoms with E-state index < -0.39 is 32.7 Å². The zero-order valence-corrected chi connectivity index (χ0v) is 18.8. The minimum absolute atomic E-state index is 0.0123. The lowest BCUT2D eigenvalue weighted by molar-refractivity contribution is -0.137. The highest BCUT2D eigenvalue weighted by Crippen LogP contribution is 2.36. The van der Waals surface area contributed by atoms with Crippen LogP contribution in [-0.2, 0) is 20.9 Å². The predicted molar refractivity (Wildman–Crippen MR) is 115 cm³/mol. The molecule has 2 aromatic carbocycles. The normalized spacial score (nSPS) is 15.2. The predicted octanol–water partition coefficient (Wildman–Crippen LogP) is 3.70. The Kier molecular flexibility index (Phi) is 7.03. The number of nitrogens with zero attached hydrogens (tertiary/aromatic N) is 2. The number of halogens is 4. The fraction of sp³-hybridized carbons (Fsp3) is 0.350. The maximum Gasteiger partial charge on any atom is 0.417 e. The third kappa shape index (κ3) is 5.17. The first-order valence-corrected chi connectivity index (χ1v) is 11.3. The Bertz CT molecular complexity index is 1120. The fourth-order valence-electron chi connectivity index (χ4n) is 3.17. The summed E-state index contributed by atoms with van der Waals surface area (Å²) in [6, 6.07) is 7.13. The van der Waals surface area contributed by atoms with Crippen molar-refractivity contribution in [3.63, 3.8) is 0 Å². The van der Waals surface area contributed by atoms with Gasteiger partial charge in [-0.15, -0.1) is 0 Å². The van der Waals surface area contributed by atoms with Crippen molar-refractivity contribution in [1.29, 1.82) is 0 Å². The Balaban J connectivity index is 2.03. The van der Waals surface area contributed by atoms with Gasteiger partial charge < -0.3 is 15.0 Å². The number of nitrogens with one attached hydrogen (secondary N) is 1. The molecule has 0 saturated carbocycles. The highest BCUT2D eigenvalue weighted by molar-refractivity contribution is 7.89. The smallest absolute Gasteiger partial charge is 0.378 e. The van der Waals surface area contributed by atoms with Crippen LogP contribution in [-0.4, -0.2) is 59.0 Å². The quantitative estimate of drug-likeness (QED) is 0.690. The van der Waals surface area contributed by atoms with Crippen LogP contribution in [0.25, 0.3) is 0 Å². The Morgan fingerprint density at radius 2 is 1.78 bits per heavy atom. The van der Waals surface area contributed by atoms with Crippen molar-refractivity contribution < 1.29 is 31.1 Å². The molecule has 1 heterocycles. The van der Waals surface area contributed by atoms with E-state index in [1.54, 1.807) is 0 Å². The molecule has 0 unspecified atom stereocenters. The molecule has 1 aliphatic heterocycles. The van der Waals surface area contributed by atoms with Crippen molar-refractivity contribution in [2.45, 2.75) is 11.1 Å². The lowest BCUT2D eigenvalue weighted by atomic mass is 10.1. The van der Waals surface area contributed by atoms with Gasteiger partial charge in [0, 0.05) is 38.6 Å². The molecule has 174 valence electrons. The van der Waals surface area contributed by atoms with E-state index in [-0.39, 0.29) is 16.1 Å². The van der Waals surface area contributed by atoms with Crippen LogP contribution in [0.2, 0.25) is 5.02 Å². The van der Waals surface area contributed by atoms with Gasteiger partial charge in [0.05, 0.1) is 34.3 Å². The third-order valence-electron chi connectivity index (χ3n) is 4.87. The number of amides is 1. The number of morpholine rings is 1. The summed E-state index contributed by atoms with van der Waals surface area (Å²) in [7, 11) is -1.12. The molecule has 0 atom stereocenters. The second-order valence-corrected chi connectivity index (χ2v) is 9.77. The van der Waals surface area contributed by atoms with Crippen molar-refractivity contribution in [3.8, 4) is 0 Å². The van der Waals surface area contributed by atoms with Crippen LogP contribution in [0.15, 0.2) is 41.3 Å². The van der Waals surface area contributed by atoms with E-state index in [4.69, 9.17) is 16.3 Å². The molecular formula is C20H21ClF3N3O4S. The molecular weight excluding hydrogens is 471 g/mol. The monoisotopic (exact) mass is 491 g/mol. The molecule has 0 bridgehead atoms. The van der Waals surface area contributed by atoms with Gasteiger partial charge in [-0.1, -0.05) is 11.6 Å². The number of hydrogen-bond donors (Lipinski definition) is 1. The Labute approximate surface area is 188 Å². The molecule has 0 spiro atoms. The number of anilines is 2. The zero-order valence-electron chi connectivity index (χ0n) is 17.2. The number of benzene rings is 2. The van der Waals surface area contributed by atoms with Crippen molar-refractivity contribution >= 4 is 38.9 Å². The summed E-state index contributed by atoms with van der Waals surface area (Å²) in [6.45, 7) is 1.79. The zero-order chi connectivity index (χ0) is 23.7. The molecule has 1 saturated heterocycles. The number of sulfonamides is 1. The maximum atomic E-state index is 13.2. The molecule has 1 N–H and O–H groups in total. The molecule has 0 aromatic heterocycles. The number of alkyl halides is 3. The summed E-state index contributed by atoms with van der Waals surface area (Å²) in [6.07, 6.45) is -4.70. The van der Waals surface area contributed by atoms with Crippen molar-refractivity contribution in [2.75, 3.05) is 50.6 Å². The average Bonchev–Trinajstić information content (AvgIpc) is 2.74. The van der Waals surface area contributed by atoms with Crippen LogP contribution in [0.1, 0.15) is 15.9 Å². The minimum Gasteiger partial charge on any atom is -0.378 e. The Morgan fingerprint density at radius 3 is 2.38 bits per heavy atom. The number of hydrogen-bond acceptors (Lipinski definition) is 5. The van der Waals surface area contributed by atoms with Crippen molar-refractivity contribution in [2.24, 2.45) is 0 Å². The standard InChI is InChI=1S/C20H21ClF3N3O4S/c1-26(2)32(29,30)14-4-6-18(27-7-9-31-10-8-27)15(12-14)19(28)25-13-3-5-17(21)16(11-13)20(22,23)24/h3-6,11-12H,7-10H2,1-2H3,(H,25,28). The molecule has 12 heteroatoms. The molecule has 32 heavy (non-hydrogen) atoms. The largest absolute Gasteiger partial charge is 0.417 e. The SMILES string of the molecule is CN(C)S(=O)(=O)c1ccc(N2CCOCC2)c(C(=O)Nc2ccc(Cl)c(C(F)(F)F)c2)c1. The number of carbonyl (C=O) groups is 1. The van der Waals surface area contributed by atoms with Crippen LogP contribution in [0.5, 0.6) is 0 Å². The minimum atomic E-state index is -4.70. The summed E-state index contributed by atoms with van der Waals surface area (Å²) in [5, 5.41) is 1.92. The van der Waals surface area contributed by atoms with Crippen LogP contribution in [0, 0.1) is 0 Å². The summed E-state index contributed by atoms with van der Waals surface area (Å²) < 4.78 is 71.0. The molecule has 7 nitrogen and oxygen atoms in total. The van der Waals surface area contributed by atoms with Gasteiger partial charge in [0.15, 0.2) is 0 Å². The second kappa shape index (κ2) is 9.26. The van der Waals surface area contributed by atoms with E-state index in [2.05, 4.69) is 5.32 Å². The second-order valence-electron chi connectivity index (χ2n) is 7.21. The lowest BCUT2D eigenvalue weighted by Crippen LogP contribution is -2.37. The molecule has 1 amide bonds. The maximum absolute atomic E-state index is 13.2. The van der Waals surface area contributed by atoms with Crippen LogP contribution in [0.3, 0.4) is 0 Å². The van der Waals surface area contributed by atoms with Crippen LogP contribution in [0.4, 0.5) is 24.5 Å². The van der Waals surface area contributed by atoms with E-state index in [9.17, 15) is 26.4 Å². The summed E-state index contributed by atoms with van der Waals surface area (Å²) in [5.74, 6) is -0.752.